The number of amides is 1. The number of nitrogens with one attached hydrogen (secondary N) is 1. The Morgan fingerprint density at radius 1 is 1.26 bits per heavy atom. The van der Waals surface area contributed by atoms with Crippen LogP contribution in [0.25, 0.3) is 11.5 Å². The molecule has 1 fully saturated rings. The molecule has 1 aromatic carbocycles. The van der Waals surface area contributed by atoms with Crippen LogP contribution in [-0.4, -0.2) is 35.0 Å². The van der Waals surface area contributed by atoms with Crippen LogP contribution in [0, 0.1) is 0 Å². The first-order valence-electron chi connectivity index (χ1n) is 8.97. The second-order valence-electron chi connectivity index (χ2n) is 6.60. The van der Waals surface area contributed by atoms with Gasteiger partial charge in [0.05, 0.1) is 17.6 Å². The van der Waals surface area contributed by atoms with E-state index < -0.39 is 0 Å². The average molecular weight is 363 g/mol. The van der Waals surface area contributed by atoms with Gasteiger partial charge in [-0.15, -0.1) is 0 Å². The number of benzene rings is 1. The lowest BCUT2D eigenvalue weighted by Crippen LogP contribution is -2.43. The molecule has 3 N–H and O–H groups in total. The standard InChI is InChI=1S/C20H21N5O2/c21-15-7-4-10-25(12-15)18-8-9-22-11-16(18)23-19(26)17-13-27-20(24-17)14-5-2-1-3-6-14/h1-3,5-6,8-9,11,13,15H,4,7,10,12,21H2,(H,23,26)/t15-/m0/s1. The lowest BCUT2D eigenvalue weighted by Gasteiger charge is -2.33. The van der Waals surface area contributed by atoms with Crippen molar-refractivity contribution in [3.05, 3.63) is 60.7 Å². The zero-order valence-electron chi connectivity index (χ0n) is 14.8. The van der Waals surface area contributed by atoms with E-state index >= 15 is 0 Å². The van der Waals surface area contributed by atoms with E-state index in [0.717, 1.165) is 37.2 Å². The molecule has 7 heteroatoms. The maximum atomic E-state index is 12.7. The highest BCUT2D eigenvalue weighted by molar-refractivity contribution is 6.04. The summed E-state index contributed by atoms with van der Waals surface area (Å²) in [6.45, 7) is 1.66. The number of piperidine rings is 1. The van der Waals surface area contributed by atoms with E-state index in [4.69, 9.17) is 10.2 Å². The van der Waals surface area contributed by atoms with Crippen molar-refractivity contribution in [3.8, 4) is 11.5 Å². The van der Waals surface area contributed by atoms with E-state index in [1.807, 2.05) is 36.4 Å². The molecule has 0 unspecified atom stereocenters. The average Bonchev–Trinajstić information content (AvgIpc) is 3.19. The number of pyridine rings is 1. The van der Waals surface area contributed by atoms with Gasteiger partial charge in [0.25, 0.3) is 5.91 Å². The first-order valence-corrected chi connectivity index (χ1v) is 8.97. The number of carbonyl (C=O) groups is 1. The molecule has 1 atom stereocenters. The summed E-state index contributed by atoms with van der Waals surface area (Å²) in [4.78, 5) is 23.3. The molecule has 138 valence electrons. The van der Waals surface area contributed by atoms with E-state index in [0.29, 0.717) is 11.6 Å². The molecule has 1 aliphatic rings. The van der Waals surface area contributed by atoms with Crippen LogP contribution in [0.5, 0.6) is 0 Å². The van der Waals surface area contributed by atoms with Gasteiger partial charge in [0.2, 0.25) is 5.89 Å². The highest BCUT2D eigenvalue weighted by Crippen LogP contribution is 2.28. The van der Waals surface area contributed by atoms with Crippen molar-refractivity contribution in [2.24, 2.45) is 5.73 Å². The fraction of sp³-hybridized carbons (Fsp3) is 0.250. The first-order chi connectivity index (χ1) is 13.2. The number of rotatable bonds is 4. The van der Waals surface area contributed by atoms with Crippen molar-refractivity contribution in [2.75, 3.05) is 23.3 Å². The molecule has 1 aliphatic heterocycles. The van der Waals surface area contributed by atoms with Crippen LogP contribution < -0.4 is 16.0 Å². The number of nitrogens with two attached hydrogens (primary N) is 1. The second kappa shape index (κ2) is 7.59. The minimum atomic E-state index is -0.337. The second-order valence-corrected chi connectivity index (χ2v) is 6.60. The Balaban J connectivity index is 1.53. The molecule has 0 bridgehead atoms. The third-order valence-corrected chi connectivity index (χ3v) is 4.60. The summed E-state index contributed by atoms with van der Waals surface area (Å²) >= 11 is 0. The van der Waals surface area contributed by atoms with Gasteiger partial charge in [-0.3, -0.25) is 9.78 Å². The van der Waals surface area contributed by atoms with Gasteiger partial charge in [0.1, 0.15) is 6.26 Å². The van der Waals surface area contributed by atoms with Crippen LogP contribution >= 0.6 is 0 Å². The molecule has 0 spiro atoms. The van der Waals surface area contributed by atoms with Crippen molar-refractivity contribution >= 4 is 17.3 Å². The molecule has 1 amide bonds. The van der Waals surface area contributed by atoms with Gasteiger partial charge in [-0.1, -0.05) is 18.2 Å². The minimum absolute atomic E-state index is 0.138. The molecule has 0 aliphatic carbocycles. The summed E-state index contributed by atoms with van der Waals surface area (Å²) in [5, 5.41) is 2.90. The van der Waals surface area contributed by atoms with E-state index in [1.54, 1.807) is 12.4 Å². The summed E-state index contributed by atoms with van der Waals surface area (Å²) in [5.41, 5.74) is 8.69. The summed E-state index contributed by atoms with van der Waals surface area (Å²) in [5.74, 6) is 0.0747. The van der Waals surface area contributed by atoms with Crippen LogP contribution in [0.15, 0.2) is 59.5 Å². The molecule has 3 heterocycles. The lowest BCUT2D eigenvalue weighted by atomic mass is 10.1. The van der Waals surface area contributed by atoms with Crippen molar-refractivity contribution in [1.29, 1.82) is 0 Å². The predicted molar refractivity (Wildman–Crippen MR) is 104 cm³/mol. The van der Waals surface area contributed by atoms with E-state index in [9.17, 15) is 4.79 Å². The van der Waals surface area contributed by atoms with Crippen molar-refractivity contribution in [3.63, 3.8) is 0 Å². The van der Waals surface area contributed by atoms with Gasteiger partial charge in [-0.2, -0.15) is 0 Å². The number of anilines is 2. The Morgan fingerprint density at radius 3 is 2.93 bits per heavy atom. The number of hydrogen-bond acceptors (Lipinski definition) is 6. The number of aromatic nitrogens is 2. The Labute approximate surface area is 157 Å². The Morgan fingerprint density at radius 2 is 2.11 bits per heavy atom. The smallest absolute Gasteiger partial charge is 0.277 e. The number of hydrogen-bond donors (Lipinski definition) is 2. The third-order valence-electron chi connectivity index (χ3n) is 4.60. The molecule has 0 radical (unpaired) electrons. The molecule has 1 saturated heterocycles. The molecule has 27 heavy (non-hydrogen) atoms. The minimum Gasteiger partial charge on any atom is -0.444 e. The van der Waals surface area contributed by atoms with Gasteiger partial charge in [0.15, 0.2) is 5.69 Å². The Kier molecular flexibility index (Phi) is 4.84. The zero-order chi connectivity index (χ0) is 18.6. The maximum Gasteiger partial charge on any atom is 0.277 e. The van der Waals surface area contributed by atoms with Crippen LogP contribution in [0.2, 0.25) is 0 Å². The largest absolute Gasteiger partial charge is 0.444 e. The number of oxazole rings is 1. The molecule has 3 aromatic rings. The highest BCUT2D eigenvalue weighted by Gasteiger charge is 2.21. The Bertz CT molecular complexity index is 925. The van der Waals surface area contributed by atoms with E-state index in [2.05, 4.69) is 20.2 Å². The lowest BCUT2D eigenvalue weighted by molar-refractivity contribution is 0.102. The predicted octanol–water partition coefficient (Wildman–Crippen LogP) is 2.92. The zero-order valence-corrected chi connectivity index (χ0v) is 14.8. The third kappa shape index (κ3) is 3.83. The van der Waals surface area contributed by atoms with Crippen LogP contribution in [0.4, 0.5) is 11.4 Å². The van der Waals surface area contributed by atoms with Crippen LogP contribution in [0.1, 0.15) is 23.3 Å². The Hall–Kier alpha value is -3.19. The summed E-state index contributed by atoms with van der Waals surface area (Å²) in [6.07, 6.45) is 6.77. The van der Waals surface area contributed by atoms with Gasteiger partial charge in [-0.25, -0.2) is 4.98 Å². The quantitative estimate of drug-likeness (QED) is 0.740. The summed E-state index contributed by atoms with van der Waals surface area (Å²) < 4.78 is 5.46. The maximum absolute atomic E-state index is 12.7. The van der Waals surface area contributed by atoms with Crippen molar-refractivity contribution in [1.82, 2.24) is 9.97 Å². The van der Waals surface area contributed by atoms with Crippen molar-refractivity contribution in [2.45, 2.75) is 18.9 Å². The molecular formula is C20H21N5O2. The van der Waals surface area contributed by atoms with E-state index in [1.165, 1.54) is 6.26 Å². The van der Waals surface area contributed by atoms with Gasteiger partial charge >= 0.3 is 0 Å². The molecule has 7 nitrogen and oxygen atoms in total. The van der Waals surface area contributed by atoms with Gasteiger partial charge in [-0.05, 0) is 31.0 Å². The van der Waals surface area contributed by atoms with E-state index in [-0.39, 0.29) is 17.6 Å². The summed E-state index contributed by atoms with van der Waals surface area (Å²) in [6, 6.07) is 11.5. The van der Waals surface area contributed by atoms with Crippen LogP contribution in [0.3, 0.4) is 0 Å². The molecule has 2 aromatic heterocycles. The molecule has 4 rings (SSSR count). The van der Waals surface area contributed by atoms with Crippen molar-refractivity contribution < 1.29 is 9.21 Å². The van der Waals surface area contributed by atoms with Gasteiger partial charge in [0, 0.05) is 30.9 Å². The fourth-order valence-electron chi connectivity index (χ4n) is 3.27. The number of carbonyl (C=O) groups excluding carboxylic acids is 1. The normalized spacial score (nSPS) is 16.9. The van der Waals surface area contributed by atoms with Gasteiger partial charge < -0.3 is 20.4 Å². The summed E-state index contributed by atoms with van der Waals surface area (Å²) in [7, 11) is 0. The molecular weight excluding hydrogens is 342 g/mol. The fourth-order valence-corrected chi connectivity index (χ4v) is 3.27. The molecule has 0 saturated carbocycles. The number of nitrogens with zero attached hydrogens (tertiary/aromatic N) is 3. The monoisotopic (exact) mass is 363 g/mol. The topological polar surface area (TPSA) is 97.3 Å². The SMILES string of the molecule is N[C@H]1CCCN(c2ccncc2NC(=O)c2coc(-c3ccccc3)n2)C1. The first kappa shape index (κ1) is 17.2. The highest BCUT2D eigenvalue weighted by atomic mass is 16.3. The van der Waals surface area contributed by atoms with Crippen LogP contribution in [-0.2, 0) is 0 Å².